The Hall–Kier alpha value is -0.893. The number of aldehydes is 1. The van der Waals surface area contributed by atoms with Crippen LogP contribution in [0.3, 0.4) is 0 Å². The van der Waals surface area contributed by atoms with Crippen molar-refractivity contribution in [3.05, 3.63) is 30.3 Å². The molecule has 1 saturated heterocycles. The highest BCUT2D eigenvalue weighted by Crippen LogP contribution is 2.38. The van der Waals surface area contributed by atoms with Gasteiger partial charge in [-0.3, -0.25) is 0 Å². The first-order chi connectivity index (χ1) is 10.8. The fourth-order valence-corrected chi connectivity index (χ4v) is 9.56. The van der Waals surface area contributed by atoms with Crippen molar-refractivity contribution >= 4 is 19.5 Å². The molecule has 2 rings (SSSR count). The Bertz CT molecular complexity index is 421. The molecule has 1 nitrogen and oxygen atoms in total. The van der Waals surface area contributed by atoms with Crippen molar-refractivity contribution in [2.45, 2.75) is 76.4 Å². The molecule has 1 aliphatic heterocycles. The van der Waals surface area contributed by atoms with Crippen LogP contribution in [0.25, 0.3) is 0 Å². The van der Waals surface area contributed by atoms with Crippen molar-refractivity contribution in [3.63, 3.8) is 0 Å². The first-order valence-corrected chi connectivity index (χ1v) is 11.9. The fraction of sp³-hybridized carbons (Fsp3) is 0.650. The van der Waals surface area contributed by atoms with Gasteiger partial charge in [-0.15, -0.1) is 0 Å². The quantitative estimate of drug-likeness (QED) is 0.343. The molecule has 2 heteroatoms. The largest absolute Gasteiger partial charge is 0.303 e. The minimum Gasteiger partial charge on any atom is -0.303 e. The number of carbonyl (C=O) groups excluding carboxylic acids is 1. The lowest BCUT2D eigenvalue weighted by Gasteiger charge is -2.39. The van der Waals surface area contributed by atoms with E-state index in [0.29, 0.717) is 0 Å². The highest BCUT2D eigenvalue weighted by molar-refractivity contribution is 6.92. The molecule has 0 spiro atoms. The molecule has 0 unspecified atom stereocenters. The van der Waals surface area contributed by atoms with Gasteiger partial charge in [0.1, 0.15) is 6.29 Å². The molecule has 122 valence electrons. The zero-order valence-corrected chi connectivity index (χ0v) is 15.2. The Morgan fingerprint density at radius 2 is 1.82 bits per heavy atom. The summed E-state index contributed by atoms with van der Waals surface area (Å²) < 4.78 is 0. The molecule has 22 heavy (non-hydrogen) atoms. The Kier molecular flexibility index (Phi) is 7.37. The summed E-state index contributed by atoms with van der Waals surface area (Å²) in [6.45, 7) is 2.31. The van der Waals surface area contributed by atoms with Gasteiger partial charge in [0.15, 0.2) is 0 Å². The number of benzene rings is 1. The third kappa shape index (κ3) is 4.81. The molecule has 0 bridgehead atoms. The normalized spacial score (nSPS) is 25.0. The SMILES string of the molecule is CCCCC[Si]1(c2ccccc2)CCC(CCCC=O)CC1. The molecule has 0 aromatic heterocycles. The second kappa shape index (κ2) is 9.29. The van der Waals surface area contributed by atoms with E-state index >= 15 is 0 Å². The molecule has 0 radical (unpaired) electrons. The minimum absolute atomic E-state index is 0.758. The maximum Gasteiger partial charge on any atom is 0.119 e. The van der Waals surface area contributed by atoms with Crippen LogP contribution in [0.4, 0.5) is 0 Å². The molecule has 1 aliphatic rings. The summed E-state index contributed by atoms with van der Waals surface area (Å²) in [6.07, 6.45) is 11.2. The third-order valence-corrected chi connectivity index (χ3v) is 11.0. The predicted octanol–water partition coefficient (Wildman–Crippen LogP) is 5.31. The van der Waals surface area contributed by atoms with Gasteiger partial charge in [0.25, 0.3) is 0 Å². The Morgan fingerprint density at radius 3 is 2.45 bits per heavy atom. The van der Waals surface area contributed by atoms with E-state index in [1.54, 1.807) is 5.19 Å². The van der Waals surface area contributed by atoms with E-state index in [0.717, 1.165) is 25.0 Å². The van der Waals surface area contributed by atoms with E-state index < -0.39 is 8.07 Å². The monoisotopic (exact) mass is 316 g/mol. The lowest BCUT2D eigenvalue weighted by Crippen LogP contribution is -2.49. The summed E-state index contributed by atoms with van der Waals surface area (Å²) in [6, 6.07) is 15.9. The van der Waals surface area contributed by atoms with Crippen LogP contribution >= 0.6 is 0 Å². The molecular weight excluding hydrogens is 284 g/mol. The lowest BCUT2D eigenvalue weighted by molar-refractivity contribution is -0.108. The van der Waals surface area contributed by atoms with Crippen LogP contribution in [0.15, 0.2) is 30.3 Å². The number of hydrogen-bond acceptors (Lipinski definition) is 1. The van der Waals surface area contributed by atoms with Gasteiger partial charge in [0, 0.05) is 6.42 Å². The van der Waals surface area contributed by atoms with Crippen LogP contribution < -0.4 is 5.19 Å². The zero-order valence-electron chi connectivity index (χ0n) is 14.2. The first-order valence-electron chi connectivity index (χ1n) is 9.30. The molecular formula is C20H32OSi. The maximum absolute atomic E-state index is 10.5. The Morgan fingerprint density at radius 1 is 1.09 bits per heavy atom. The van der Waals surface area contributed by atoms with Crippen molar-refractivity contribution in [3.8, 4) is 0 Å². The third-order valence-electron chi connectivity index (χ3n) is 5.64. The molecule has 0 saturated carbocycles. The highest BCUT2D eigenvalue weighted by Gasteiger charge is 2.38. The minimum atomic E-state index is -1.25. The first kappa shape index (κ1) is 17.5. The number of unbranched alkanes of at least 4 members (excludes halogenated alkanes) is 3. The number of rotatable bonds is 9. The Labute approximate surface area is 137 Å². The van der Waals surface area contributed by atoms with E-state index in [4.69, 9.17) is 0 Å². The van der Waals surface area contributed by atoms with Gasteiger partial charge < -0.3 is 4.79 Å². The van der Waals surface area contributed by atoms with E-state index in [1.165, 1.54) is 56.7 Å². The summed E-state index contributed by atoms with van der Waals surface area (Å²) in [5.74, 6) is 0.885. The van der Waals surface area contributed by atoms with Gasteiger partial charge in [-0.05, 0) is 12.3 Å². The van der Waals surface area contributed by atoms with Crippen molar-refractivity contribution in [1.29, 1.82) is 0 Å². The van der Waals surface area contributed by atoms with Crippen molar-refractivity contribution in [2.24, 2.45) is 5.92 Å². The second-order valence-electron chi connectivity index (χ2n) is 7.14. The molecule has 1 aromatic carbocycles. The molecule has 1 fully saturated rings. The summed E-state index contributed by atoms with van der Waals surface area (Å²) in [5, 5.41) is 1.71. The molecule has 0 N–H and O–H groups in total. The van der Waals surface area contributed by atoms with E-state index in [2.05, 4.69) is 37.3 Å². The van der Waals surface area contributed by atoms with Gasteiger partial charge in [0.2, 0.25) is 0 Å². The van der Waals surface area contributed by atoms with E-state index in [-0.39, 0.29) is 0 Å². The molecule has 1 heterocycles. The molecule has 1 aromatic rings. The maximum atomic E-state index is 10.5. The summed E-state index contributed by atoms with van der Waals surface area (Å²) in [7, 11) is -1.25. The van der Waals surface area contributed by atoms with Crippen molar-refractivity contribution < 1.29 is 4.79 Å². The zero-order chi connectivity index (χ0) is 15.7. The topological polar surface area (TPSA) is 17.1 Å². The summed E-state index contributed by atoms with van der Waals surface area (Å²) >= 11 is 0. The molecule has 0 amide bonds. The van der Waals surface area contributed by atoms with Gasteiger partial charge in [-0.25, -0.2) is 0 Å². The second-order valence-corrected chi connectivity index (χ2v) is 11.8. The van der Waals surface area contributed by atoms with E-state index in [1.807, 2.05) is 0 Å². The molecule has 0 atom stereocenters. The van der Waals surface area contributed by atoms with Crippen LogP contribution in [0.5, 0.6) is 0 Å². The van der Waals surface area contributed by atoms with Crippen LogP contribution in [0, 0.1) is 5.92 Å². The Balaban J connectivity index is 1.97. The predicted molar refractivity (Wildman–Crippen MR) is 98.4 cm³/mol. The van der Waals surface area contributed by atoms with Gasteiger partial charge in [0.05, 0.1) is 8.07 Å². The summed E-state index contributed by atoms with van der Waals surface area (Å²) in [5.41, 5.74) is 0. The van der Waals surface area contributed by atoms with Gasteiger partial charge in [-0.2, -0.15) is 0 Å². The van der Waals surface area contributed by atoms with E-state index in [9.17, 15) is 4.79 Å². The average molecular weight is 317 g/mol. The van der Waals surface area contributed by atoms with Crippen molar-refractivity contribution in [1.82, 2.24) is 0 Å². The fourth-order valence-electron chi connectivity index (χ4n) is 4.20. The average Bonchev–Trinajstić information content (AvgIpc) is 2.58. The van der Waals surface area contributed by atoms with Crippen LogP contribution in [-0.2, 0) is 4.79 Å². The van der Waals surface area contributed by atoms with Gasteiger partial charge >= 0.3 is 0 Å². The number of carbonyl (C=O) groups is 1. The van der Waals surface area contributed by atoms with Crippen LogP contribution in [-0.4, -0.2) is 14.4 Å². The highest BCUT2D eigenvalue weighted by atomic mass is 28.3. The van der Waals surface area contributed by atoms with Crippen LogP contribution in [0.2, 0.25) is 18.1 Å². The van der Waals surface area contributed by atoms with Crippen molar-refractivity contribution in [2.75, 3.05) is 0 Å². The number of hydrogen-bond donors (Lipinski definition) is 0. The standard InChI is InChI=1S/C20H32OSi/c1-2-3-9-16-22(20-11-5-4-6-12-20)17-13-19(14-18-22)10-7-8-15-21/h4-6,11-12,15,19H,2-3,7-10,13-14,16-18H2,1H3. The smallest absolute Gasteiger partial charge is 0.119 e. The molecule has 0 aliphatic carbocycles. The summed E-state index contributed by atoms with van der Waals surface area (Å²) in [4.78, 5) is 10.5. The van der Waals surface area contributed by atoms with Crippen LogP contribution in [0.1, 0.15) is 58.3 Å². The lowest BCUT2D eigenvalue weighted by atomic mass is 9.96. The van der Waals surface area contributed by atoms with Gasteiger partial charge in [-0.1, -0.05) is 99.1 Å².